The third-order valence-electron chi connectivity index (χ3n) is 3.02. The average molecular weight is 226 g/mol. The summed E-state index contributed by atoms with van der Waals surface area (Å²) in [7, 11) is 0. The first kappa shape index (κ1) is 11.7. The first-order valence-corrected chi connectivity index (χ1v) is 5.90. The lowest BCUT2D eigenvalue weighted by Crippen LogP contribution is -2.20. The Balaban J connectivity index is 2.75. The number of allylic oxidation sites excluding steroid dienone is 2. The van der Waals surface area contributed by atoms with Crippen LogP contribution in [-0.2, 0) is 11.8 Å². The van der Waals surface area contributed by atoms with Crippen molar-refractivity contribution in [2.45, 2.75) is 39.0 Å². The molecule has 0 unspecified atom stereocenters. The predicted octanol–water partition coefficient (Wildman–Crippen LogP) is 2.92. The minimum Gasteiger partial charge on any atom is -0.384 e. The van der Waals surface area contributed by atoms with Crippen LogP contribution in [0.4, 0.5) is 5.82 Å². The van der Waals surface area contributed by atoms with E-state index >= 15 is 0 Å². The summed E-state index contributed by atoms with van der Waals surface area (Å²) in [4.78, 5) is 4.50. The van der Waals surface area contributed by atoms with Gasteiger partial charge in [0.05, 0.1) is 5.69 Å². The Morgan fingerprint density at radius 2 is 2.12 bits per heavy atom. The van der Waals surface area contributed by atoms with Gasteiger partial charge < -0.3 is 5.73 Å². The fraction of sp³-hybridized carbons (Fsp3) is 0.400. The first-order chi connectivity index (χ1) is 7.93. The number of pyridine rings is 1. The number of hydrogen-bond acceptors (Lipinski definition) is 2. The van der Waals surface area contributed by atoms with Crippen LogP contribution < -0.4 is 5.73 Å². The summed E-state index contributed by atoms with van der Waals surface area (Å²) in [6.45, 7) is 6.41. The second-order valence-electron chi connectivity index (χ2n) is 5.48. The number of fused-ring (bicyclic) bond motifs is 1. The lowest BCUT2D eigenvalue weighted by molar-refractivity contribution is 0.566. The maximum absolute atomic E-state index is 5.88. The fourth-order valence-corrected chi connectivity index (χ4v) is 2.27. The van der Waals surface area contributed by atoms with Crippen LogP contribution in [0.2, 0.25) is 0 Å². The van der Waals surface area contributed by atoms with Gasteiger partial charge in [-0.25, -0.2) is 4.98 Å². The number of terminal acetylenes is 1. The van der Waals surface area contributed by atoms with Gasteiger partial charge in [-0.15, -0.1) is 6.42 Å². The van der Waals surface area contributed by atoms with E-state index in [2.05, 4.69) is 37.8 Å². The Kier molecular flexibility index (Phi) is 2.71. The van der Waals surface area contributed by atoms with Gasteiger partial charge in [-0.05, 0) is 24.5 Å². The monoisotopic (exact) mass is 226 g/mol. The molecule has 2 heteroatoms. The zero-order chi connectivity index (χ0) is 12.6. The lowest BCUT2D eigenvalue weighted by Gasteiger charge is -2.26. The molecule has 0 fully saturated rings. The highest BCUT2D eigenvalue weighted by molar-refractivity contribution is 5.83. The van der Waals surface area contributed by atoms with Crippen molar-refractivity contribution in [2.75, 3.05) is 5.73 Å². The van der Waals surface area contributed by atoms with E-state index in [0.717, 1.165) is 29.7 Å². The Morgan fingerprint density at radius 3 is 2.71 bits per heavy atom. The van der Waals surface area contributed by atoms with E-state index in [-0.39, 0.29) is 5.41 Å². The van der Waals surface area contributed by atoms with Crippen LogP contribution in [0.3, 0.4) is 0 Å². The molecule has 88 valence electrons. The molecular weight excluding hydrogens is 208 g/mol. The molecule has 1 aliphatic carbocycles. The normalized spacial score (nSPS) is 14.8. The topological polar surface area (TPSA) is 38.9 Å². The Labute approximate surface area is 103 Å². The molecule has 0 spiro atoms. The minimum atomic E-state index is -0.0489. The fourth-order valence-electron chi connectivity index (χ4n) is 2.27. The van der Waals surface area contributed by atoms with Crippen LogP contribution in [0.1, 0.15) is 44.0 Å². The number of nitrogens with zero attached hydrogens (tertiary/aromatic N) is 1. The molecule has 0 saturated carbocycles. The molecule has 1 aromatic rings. The highest BCUT2D eigenvalue weighted by Gasteiger charge is 2.25. The highest BCUT2D eigenvalue weighted by atomic mass is 14.9. The molecule has 0 atom stereocenters. The lowest BCUT2D eigenvalue weighted by atomic mass is 9.81. The van der Waals surface area contributed by atoms with Crippen molar-refractivity contribution in [1.29, 1.82) is 0 Å². The molecule has 0 aromatic carbocycles. The van der Waals surface area contributed by atoms with Crippen LogP contribution in [-0.4, -0.2) is 4.98 Å². The van der Waals surface area contributed by atoms with Gasteiger partial charge in [0, 0.05) is 16.6 Å². The maximum atomic E-state index is 5.88. The summed E-state index contributed by atoms with van der Waals surface area (Å²) in [6, 6.07) is 1.95. The molecule has 0 amide bonds. The van der Waals surface area contributed by atoms with Crippen molar-refractivity contribution >= 4 is 11.4 Å². The molecule has 0 aliphatic heterocycles. The van der Waals surface area contributed by atoms with Gasteiger partial charge in [0.15, 0.2) is 0 Å². The van der Waals surface area contributed by atoms with Gasteiger partial charge in [-0.1, -0.05) is 32.8 Å². The molecule has 1 aromatic heterocycles. The Bertz CT molecular complexity index is 525. The van der Waals surface area contributed by atoms with E-state index in [1.54, 1.807) is 0 Å². The quantitative estimate of drug-likeness (QED) is 0.691. The van der Waals surface area contributed by atoms with Crippen molar-refractivity contribution in [2.24, 2.45) is 0 Å². The number of aryl methyl sites for hydroxylation is 1. The molecule has 17 heavy (non-hydrogen) atoms. The predicted molar refractivity (Wildman–Crippen MR) is 72.5 cm³/mol. The van der Waals surface area contributed by atoms with Crippen molar-refractivity contribution in [3.63, 3.8) is 0 Å². The molecule has 2 rings (SSSR count). The summed E-state index contributed by atoms with van der Waals surface area (Å²) < 4.78 is 0. The summed E-state index contributed by atoms with van der Waals surface area (Å²) in [6.07, 6.45) is 9.69. The largest absolute Gasteiger partial charge is 0.384 e. The van der Waals surface area contributed by atoms with Crippen LogP contribution in [0.5, 0.6) is 0 Å². The van der Waals surface area contributed by atoms with Gasteiger partial charge in [-0.2, -0.15) is 0 Å². The number of nitrogen functional groups attached to an aromatic ring is 1. The molecule has 2 N–H and O–H groups in total. The highest BCUT2D eigenvalue weighted by Crippen LogP contribution is 2.35. The van der Waals surface area contributed by atoms with E-state index in [0.29, 0.717) is 5.82 Å². The molecule has 1 aliphatic rings. The molecule has 1 heterocycles. The molecule has 0 bridgehead atoms. The average Bonchev–Trinajstić information content (AvgIpc) is 2.25. The van der Waals surface area contributed by atoms with Crippen molar-refractivity contribution < 1.29 is 0 Å². The number of rotatable bonds is 0. The van der Waals surface area contributed by atoms with Crippen LogP contribution in [0.15, 0.2) is 12.1 Å². The van der Waals surface area contributed by atoms with Crippen molar-refractivity contribution in [1.82, 2.24) is 4.98 Å². The van der Waals surface area contributed by atoms with Crippen molar-refractivity contribution in [3.8, 4) is 12.3 Å². The third-order valence-corrected chi connectivity index (χ3v) is 3.02. The zero-order valence-corrected chi connectivity index (χ0v) is 10.7. The molecule has 0 saturated heterocycles. The molecule has 0 radical (unpaired) electrons. The number of hydrogen-bond donors (Lipinski definition) is 1. The smallest absolute Gasteiger partial charge is 0.123 e. The van der Waals surface area contributed by atoms with Gasteiger partial charge in [0.1, 0.15) is 5.82 Å². The minimum absolute atomic E-state index is 0.0489. The number of aromatic nitrogens is 1. The SMILES string of the molecule is C#CC1=CCCc2cc(N)nc(C(C)(C)C)c21. The molecular formula is C15H18N2. The third kappa shape index (κ3) is 2.06. The van der Waals surface area contributed by atoms with Gasteiger partial charge in [-0.3, -0.25) is 0 Å². The van der Waals surface area contributed by atoms with Crippen LogP contribution in [0, 0.1) is 12.3 Å². The van der Waals surface area contributed by atoms with Gasteiger partial charge in [0.2, 0.25) is 0 Å². The number of anilines is 1. The summed E-state index contributed by atoms with van der Waals surface area (Å²) in [5.41, 5.74) is 10.2. The Hall–Kier alpha value is -1.75. The maximum Gasteiger partial charge on any atom is 0.123 e. The first-order valence-electron chi connectivity index (χ1n) is 5.90. The van der Waals surface area contributed by atoms with E-state index < -0.39 is 0 Å². The van der Waals surface area contributed by atoms with Crippen LogP contribution >= 0.6 is 0 Å². The van der Waals surface area contributed by atoms with E-state index in [1.165, 1.54) is 5.56 Å². The van der Waals surface area contributed by atoms with E-state index in [1.807, 2.05) is 6.07 Å². The van der Waals surface area contributed by atoms with Gasteiger partial charge >= 0.3 is 0 Å². The van der Waals surface area contributed by atoms with E-state index in [4.69, 9.17) is 12.2 Å². The van der Waals surface area contributed by atoms with E-state index in [9.17, 15) is 0 Å². The van der Waals surface area contributed by atoms with Crippen LogP contribution in [0.25, 0.3) is 5.57 Å². The summed E-state index contributed by atoms with van der Waals surface area (Å²) in [5.74, 6) is 3.36. The second kappa shape index (κ2) is 3.92. The second-order valence-corrected chi connectivity index (χ2v) is 5.48. The van der Waals surface area contributed by atoms with Crippen molar-refractivity contribution in [3.05, 3.63) is 29.0 Å². The standard InChI is InChI=1S/C15H18N2/c1-5-10-7-6-8-11-9-12(16)17-14(13(10)11)15(2,3)4/h1,7,9H,6,8H2,2-4H3,(H2,16,17). The van der Waals surface area contributed by atoms with Gasteiger partial charge in [0.25, 0.3) is 0 Å². The number of nitrogens with two attached hydrogens (primary N) is 1. The Morgan fingerprint density at radius 1 is 1.41 bits per heavy atom. The summed E-state index contributed by atoms with van der Waals surface area (Å²) >= 11 is 0. The molecule has 2 nitrogen and oxygen atoms in total. The zero-order valence-electron chi connectivity index (χ0n) is 10.7. The summed E-state index contributed by atoms with van der Waals surface area (Å²) in [5, 5.41) is 0.